The molecule has 0 aromatic rings. The minimum atomic E-state index is -0.303. The molecule has 1 heterocycles. The average Bonchev–Trinajstić information content (AvgIpc) is 2.36. The highest BCUT2D eigenvalue weighted by Crippen LogP contribution is 2.07. The number of Topliss-reactive ketones (excluding diaryl/α,β-unsaturated/α-hetero) is 1. The van der Waals surface area contributed by atoms with Crippen molar-refractivity contribution in [1.82, 2.24) is 4.90 Å². The predicted molar refractivity (Wildman–Crippen MR) is 65.4 cm³/mol. The van der Waals surface area contributed by atoms with Crippen molar-refractivity contribution < 1.29 is 19.3 Å². The first kappa shape index (κ1) is 14.1. The van der Waals surface area contributed by atoms with Crippen molar-refractivity contribution in [2.75, 3.05) is 27.3 Å². The van der Waals surface area contributed by atoms with Gasteiger partial charge in [0, 0.05) is 25.9 Å². The molecule has 1 fully saturated rings. The van der Waals surface area contributed by atoms with Gasteiger partial charge < -0.3 is 14.6 Å². The smallest absolute Gasteiger partial charge is 0.277 e. The van der Waals surface area contributed by atoms with E-state index >= 15 is 0 Å². The van der Waals surface area contributed by atoms with Crippen LogP contribution in [0.15, 0.2) is 10.3 Å². The van der Waals surface area contributed by atoms with E-state index in [1.807, 2.05) is 0 Å². The van der Waals surface area contributed by atoms with Crippen molar-refractivity contribution >= 4 is 23.1 Å². The van der Waals surface area contributed by atoms with Crippen molar-refractivity contribution in [1.29, 1.82) is 0 Å². The zero-order valence-corrected chi connectivity index (χ0v) is 10.8. The molecule has 7 nitrogen and oxygen atoms in total. The van der Waals surface area contributed by atoms with Crippen LogP contribution in [0.4, 0.5) is 0 Å². The van der Waals surface area contributed by atoms with Gasteiger partial charge in [0.15, 0.2) is 5.71 Å². The summed E-state index contributed by atoms with van der Waals surface area (Å²) in [6.07, 6.45) is 0.763. The van der Waals surface area contributed by atoms with Crippen LogP contribution in [0.5, 0.6) is 0 Å². The van der Waals surface area contributed by atoms with Crippen molar-refractivity contribution in [3.05, 3.63) is 0 Å². The van der Waals surface area contributed by atoms with Gasteiger partial charge in [-0.25, -0.2) is 0 Å². The Labute approximate surface area is 105 Å². The first-order chi connectivity index (χ1) is 8.60. The van der Waals surface area contributed by atoms with E-state index in [0.717, 1.165) is 0 Å². The molecule has 0 aromatic heterocycles. The molecule has 1 aliphatic rings. The van der Waals surface area contributed by atoms with E-state index in [9.17, 15) is 9.59 Å². The van der Waals surface area contributed by atoms with Gasteiger partial charge in [0.1, 0.15) is 25.7 Å². The molecule has 0 aromatic carbocycles. The van der Waals surface area contributed by atoms with E-state index < -0.39 is 0 Å². The molecular formula is C11H17N3O4. The van der Waals surface area contributed by atoms with E-state index in [0.29, 0.717) is 31.6 Å². The van der Waals surface area contributed by atoms with Crippen LogP contribution in [0.3, 0.4) is 0 Å². The minimum absolute atomic E-state index is 0.0914. The van der Waals surface area contributed by atoms with Crippen molar-refractivity contribution in [2.45, 2.75) is 19.8 Å². The number of carbonyl (C=O) groups is 2. The largest absolute Gasteiger partial charge is 0.399 e. The number of carbonyl (C=O) groups excluding carboxylic acids is 2. The second kappa shape index (κ2) is 6.73. The number of oxime groups is 2. The lowest BCUT2D eigenvalue weighted by Gasteiger charge is -2.26. The number of amides is 1. The van der Waals surface area contributed by atoms with Crippen LogP contribution in [0.25, 0.3) is 0 Å². The van der Waals surface area contributed by atoms with Gasteiger partial charge in [-0.05, 0) is 6.92 Å². The summed E-state index contributed by atoms with van der Waals surface area (Å²) >= 11 is 0. The normalized spacial score (nSPS) is 17.7. The van der Waals surface area contributed by atoms with E-state index in [2.05, 4.69) is 20.0 Å². The summed E-state index contributed by atoms with van der Waals surface area (Å²) in [5.41, 5.74) is 0.426. The van der Waals surface area contributed by atoms with E-state index in [1.54, 1.807) is 11.8 Å². The molecule has 0 saturated carbocycles. The van der Waals surface area contributed by atoms with Crippen LogP contribution in [0.2, 0.25) is 0 Å². The summed E-state index contributed by atoms with van der Waals surface area (Å²) in [7, 11) is 2.74. The number of ketones is 1. The monoisotopic (exact) mass is 255 g/mol. The average molecular weight is 255 g/mol. The maximum atomic E-state index is 12.2. The third-order valence-corrected chi connectivity index (χ3v) is 2.56. The second-order valence-electron chi connectivity index (χ2n) is 3.81. The lowest BCUT2D eigenvalue weighted by atomic mass is 10.1. The van der Waals surface area contributed by atoms with Gasteiger partial charge in [0.2, 0.25) is 0 Å². The van der Waals surface area contributed by atoms with Crippen LogP contribution in [0, 0.1) is 0 Å². The number of piperidine rings is 1. The molecule has 0 unspecified atom stereocenters. The zero-order chi connectivity index (χ0) is 13.5. The third-order valence-electron chi connectivity index (χ3n) is 2.56. The fourth-order valence-electron chi connectivity index (χ4n) is 1.64. The highest BCUT2D eigenvalue weighted by molar-refractivity contribution is 6.66. The topological polar surface area (TPSA) is 80.6 Å². The van der Waals surface area contributed by atoms with Gasteiger partial charge in [-0.3, -0.25) is 9.59 Å². The maximum Gasteiger partial charge on any atom is 0.277 e. The van der Waals surface area contributed by atoms with Gasteiger partial charge in [-0.2, -0.15) is 0 Å². The molecule has 1 saturated heterocycles. The number of rotatable bonds is 4. The van der Waals surface area contributed by atoms with Gasteiger partial charge in [-0.1, -0.05) is 10.3 Å². The fourth-order valence-corrected chi connectivity index (χ4v) is 1.64. The minimum Gasteiger partial charge on any atom is -0.399 e. The summed E-state index contributed by atoms with van der Waals surface area (Å²) < 4.78 is 0. The van der Waals surface area contributed by atoms with Crippen LogP contribution >= 0.6 is 0 Å². The zero-order valence-electron chi connectivity index (χ0n) is 10.8. The molecule has 0 atom stereocenters. The molecule has 0 bridgehead atoms. The molecule has 7 heteroatoms. The summed E-state index contributed by atoms with van der Waals surface area (Å²) in [5.74, 6) is -0.130. The van der Waals surface area contributed by atoms with Crippen molar-refractivity contribution in [3.8, 4) is 0 Å². The number of hydrogen-bond acceptors (Lipinski definition) is 6. The molecule has 0 aliphatic carbocycles. The van der Waals surface area contributed by atoms with Crippen LogP contribution in [0.1, 0.15) is 19.8 Å². The standard InChI is InChI=1S/C11H17N3O4/c1-8(12-17-2)10(13-18-3)11(16)14-6-4-9(15)5-7-14/h4-7H2,1-3H3. The molecular weight excluding hydrogens is 238 g/mol. The summed E-state index contributed by atoms with van der Waals surface area (Å²) in [6.45, 7) is 2.41. The number of hydrogen-bond donors (Lipinski definition) is 0. The Hall–Kier alpha value is -1.92. The van der Waals surface area contributed by atoms with E-state index in [4.69, 9.17) is 0 Å². The Morgan fingerprint density at radius 3 is 2.22 bits per heavy atom. The lowest BCUT2D eigenvalue weighted by molar-refractivity contribution is -0.129. The Balaban J connectivity index is 2.81. The Morgan fingerprint density at radius 1 is 1.17 bits per heavy atom. The fraction of sp³-hybridized carbons (Fsp3) is 0.636. The van der Waals surface area contributed by atoms with E-state index in [1.165, 1.54) is 14.2 Å². The van der Waals surface area contributed by atoms with E-state index in [-0.39, 0.29) is 17.4 Å². The van der Waals surface area contributed by atoms with Crippen LogP contribution in [-0.4, -0.2) is 55.3 Å². The van der Waals surface area contributed by atoms with Gasteiger partial charge in [-0.15, -0.1) is 0 Å². The van der Waals surface area contributed by atoms with Crippen molar-refractivity contribution in [3.63, 3.8) is 0 Å². The lowest BCUT2D eigenvalue weighted by Crippen LogP contribution is -2.44. The predicted octanol–water partition coefficient (Wildman–Crippen LogP) is 0.203. The van der Waals surface area contributed by atoms with Crippen molar-refractivity contribution in [2.24, 2.45) is 10.3 Å². The first-order valence-corrected chi connectivity index (χ1v) is 5.60. The molecule has 1 aliphatic heterocycles. The Kier molecular flexibility index (Phi) is 5.29. The number of likely N-dealkylation sites (tertiary alicyclic amines) is 1. The van der Waals surface area contributed by atoms with Crippen LogP contribution in [-0.2, 0) is 19.3 Å². The van der Waals surface area contributed by atoms with Gasteiger partial charge >= 0.3 is 0 Å². The quantitative estimate of drug-likeness (QED) is 0.531. The summed E-state index contributed by atoms with van der Waals surface area (Å²) in [5, 5.41) is 7.33. The molecule has 1 rings (SSSR count). The second-order valence-corrected chi connectivity index (χ2v) is 3.81. The molecule has 1 amide bonds. The van der Waals surface area contributed by atoms with Crippen LogP contribution < -0.4 is 0 Å². The Bertz CT molecular complexity index is 380. The molecule has 100 valence electrons. The highest BCUT2D eigenvalue weighted by Gasteiger charge is 2.26. The molecule has 0 N–H and O–H groups in total. The highest BCUT2D eigenvalue weighted by atomic mass is 16.6. The van der Waals surface area contributed by atoms with Gasteiger partial charge in [0.05, 0.1) is 0 Å². The maximum absolute atomic E-state index is 12.2. The SMILES string of the molecule is CON=C(C)C(=NOC)C(=O)N1CCC(=O)CC1. The molecule has 18 heavy (non-hydrogen) atoms. The van der Waals surface area contributed by atoms with Gasteiger partial charge in [0.25, 0.3) is 5.91 Å². The third kappa shape index (κ3) is 3.54. The summed E-state index contributed by atoms with van der Waals surface area (Å²) in [6, 6.07) is 0. The number of nitrogens with zero attached hydrogens (tertiary/aromatic N) is 3. The Morgan fingerprint density at radius 2 is 1.72 bits per heavy atom. The first-order valence-electron chi connectivity index (χ1n) is 5.60. The summed E-state index contributed by atoms with van der Waals surface area (Å²) in [4.78, 5) is 34.1. The molecule has 0 spiro atoms. The molecule has 0 radical (unpaired) electrons.